The van der Waals surface area contributed by atoms with Gasteiger partial charge in [0, 0.05) is 23.3 Å². The van der Waals surface area contributed by atoms with Crippen LogP contribution in [0.15, 0.2) is 52.7 Å². The first-order valence-corrected chi connectivity index (χ1v) is 11.1. The van der Waals surface area contributed by atoms with Crippen LogP contribution in [0.3, 0.4) is 0 Å². The van der Waals surface area contributed by atoms with Crippen LogP contribution in [0.25, 0.3) is 0 Å². The van der Waals surface area contributed by atoms with Crippen LogP contribution in [-0.4, -0.2) is 22.0 Å². The van der Waals surface area contributed by atoms with Gasteiger partial charge in [0.15, 0.2) is 0 Å². The normalized spacial score (nSPS) is 30.7. The van der Waals surface area contributed by atoms with Gasteiger partial charge in [0.2, 0.25) is 0 Å². The van der Waals surface area contributed by atoms with Crippen LogP contribution < -0.4 is 0 Å². The molecule has 6 heteroatoms. The molecule has 0 unspecified atom stereocenters. The number of phenols is 1. The van der Waals surface area contributed by atoms with E-state index in [2.05, 4.69) is 23.2 Å². The zero-order valence-corrected chi connectivity index (χ0v) is 17.7. The van der Waals surface area contributed by atoms with Gasteiger partial charge in [0.05, 0.1) is 11.1 Å². The van der Waals surface area contributed by atoms with Gasteiger partial charge in [0.25, 0.3) is 5.69 Å². The number of nitrogens with zero attached hydrogens (tertiary/aromatic N) is 3. The summed E-state index contributed by atoms with van der Waals surface area (Å²) in [6.07, 6.45) is 8.33. The summed E-state index contributed by atoms with van der Waals surface area (Å²) < 4.78 is 0. The van der Waals surface area contributed by atoms with Crippen molar-refractivity contribution in [2.75, 3.05) is 0 Å². The maximum Gasteiger partial charge on any atom is 0.269 e. The number of benzene rings is 2. The zero-order valence-electron chi connectivity index (χ0n) is 17.7. The molecular weight excluding hydrogens is 390 g/mol. The van der Waals surface area contributed by atoms with Crippen molar-refractivity contribution in [1.29, 1.82) is 0 Å². The summed E-state index contributed by atoms with van der Waals surface area (Å²) in [5, 5.41) is 29.6. The first-order chi connectivity index (χ1) is 15.0. The zero-order chi connectivity index (χ0) is 21.6. The van der Waals surface area contributed by atoms with Gasteiger partial charge >= 0.3 is 0 Å². The Morgan fingerprint density at radius 1 is 1.13 bits per heavy atom. The van der Waals surface area contributed by atoms with Gasteiger partial charge in [-0.05, 0) is 97.2 Å². The van der Waals surface area contributed by atoms with Gasteiger partial charge in [-0.2, -0.15) is 10.2 Å². The molecule has 0 aromatic heterocycles. The molecule has 3 aliphatic rings. The van der Waals surface area contributed by atoms with E-state index in [4.69, 9.17) is 0 Å². The topological polar surface area (TPSA) is 88.1 Å². The number of nitro benzene ring substituents is 1. The summed E-state index contributed by atoms with van der Waals surface area (Å²) in [5.41, 5.74) is 4.96. The molecule has 0 saturated heterocycles. The molecule has 0 radical (unpaired) electrons. The van der Waals surface area contributed by atoms with Crippen molar-refractivity contribution >= 4 is 17.6 Å². The van der Waals surface area contributed by atoms with Gasteiger partial charge in [-0.3, -0.25) is 10.1 Å². The number of phenolic OH excluding ortho intramolecular Hbond substituents is 1. The lowest BCUT2D eigenvalue weighted by atomic mass is 9.55. The molecule has 0 aliphatic heterocycles. The number of hydrogen-bond acceptors (Lipinski definition) is 5. The summed E-state index contributed by atoms with van der Waals surface area (Å²) in [6, 6.07) is 12.3. The summed E-state index contributed by atoms with van der Waals surface area (Å²) >= 11 is 0. The number of fused-ring (bicyclic) bond motifs is 5. The molecule has 2 saturated carbocycles. The monoisotopic (exact) mass is 417 g/mol. The molecule has 2 aromatic rings. The third-order valence-electron chi connectivity index (χ3n) is 7.94. The van der Waals surface area contributed by atoms with Crippen LogP contribution in [0, 0.1) is 27.4 Å². The molecule has 1 N–H and O–H groups in total. The van der Waals surface area contributed by atoms with E-state index in [0.29, 0.717) is 23.5 Å². The Labute approximate surface area is 181 Å². The van der Waals surface area contributed by atoms with Crippen LogP contribution in [0.1, 0.15) is 61.6 Å². The minimum atomic E-state index is -0.399. The van der Waals surface area contributed by atoms with E-state index in [0.717, 1.165) is 37.7 Å². The highest BCUT2D eigenvalue weighted by Gasteiger charge is 2.53. The highest BCUT2D eigenvalue weighted by atomic mass is 16.6. The van der Waals surface area contributed by atoms with E-state index in [-0.39, 0.29) is 11.1 Å². The smallest absolute Gasteiger partial charge is 0.269 e. The summed E-state index contributed by atoms with van der Waals surface area (Å²) in [6.45, 7) is 2.37. The second-order valence-corrected chi connectivity index (χ2v) is 9.43. The molecule has 4 atom stereocenters. The quantitative estimate of drug-likeness (QED) is 0.399. The second kappa shape index (κ2) is 7.59. The maximum absolute atomic E-state index is 10.8. The van der Waals surface area contributed by atoms with Crippen molar-refractivity contribution in [3.05, 3.63) is 69.3 Å². The number of hydrogen-bond donors (Lipinski definition) is 1. The Balaban J connectivity index is 1.34. The molecule has 0 spiro atoms. The third-order valence-corrected chi connectivity index (χ3v) is 7.94. The molecule has 31 heavy (non-hydrogen) atoms. The van der Waals surface area contributed by atoms with Crippen LogP contribution >= 0.6 is 0 Å². The standard InChI is InChI=1S/C25H27N3O3/c1-25-13-12-21-20-9-7-19(29)14-17(20)4-8-22(21)23(25)10-11-24(25)27-26-15-16-2-5-18(6-3-16)28(30)31/h2-3,5-7,9,14-15,21-23,29H,4,8,10-13H2,1H3/b26-15-,27-24-/t21-,22+,23+,25+/m1/s1. The Kier molecular flexibility index (Phi) is 4.88. The fraction of sp³-hybridized carbons (Fsp3) is 0.440. The van der Waals surface area contributed by atoms with Gasteiger partial charge in [-0.15, -0.1) is 0 Å². The number of nitro groups is 1. The minimum Gasteiger partial charge on any atom is -0.508 e. The molecule has 0 bridgehead atoms. The highest BCUT2D eigenvalue weighted by Crippen LogP contribution is 2.60. The molecule has 2 aromatic carbocycles. The van der Waals surface area contributed by atoms with Crippen molar-refractivity contribution in [3.63, 3.8) is 0 Å². The Hall–Kier alpha value is -3.02. The summed E-state index contributed by atoms with van der Waals surface area (Å²) in [5.74, 6) is 2.26. The second-order valence-electron chi connectivity index (χ2n) is 9.43. The van der Waals surface area contributed by atoms with E-state index in [1.165, 1.54) is 35.4 Å². The molecule has 2 fully saturated rings. The summed E-state index contributed by atoms with van der Waals surface area (Å²) in [7, 11) is 0. The molecule has 6 nitrogen and oxygen atoms in total. The third kappa shape index (κ3) is 3.44. The van der Waals surface area contributed by atoms with E-state index >= 15 is 0 Å². The number of non-ortho nitro benzene ring substituents is 1. The molecule has 0 amide bonds. The Morgan fingerprint density at radius 2 is 1.94 bits per heavy atom. The van der Waals surface area contributed by atoms with E-state index in [1.807, 2.05) is 12.1 Å². The van der Waals surface area contributed by atoms with Crippen molar-refractivity contribution in [2.45, 2.75) is 51.4 Å². The van der Waals surface area contributed by atoms with Crippen molar-refractivity contribution < 1.29 is 10.0 Å². The van der Waals surface area contributed by atoms with Crippen LogP contribution in [-0.2, 0) is 6.42 Å². The van der Waals surface area contributed by atoms with Crippen LogP contribution in [0.5, 0.6) is 5.75 Å². The molecule has 5 rings (SSSR count). The fourth-order valence-electron chi connectivity index (χ4n) is 6.37. The average molecular weight is 418 g/mol. The number of rotatable bonds is 3. The van der Waals surface area contributed by atoms with Gasteiger partial charge in [-0.1, -0.05) is 13.0 Å². The van der Waals surface area contributed by atoms with E-state index in [1.54, 1.807) is 18.3 Å². The lowest BCUT2D eigenvalue weighted by molar-refractivity contribution is -0.384. The first-order valence-electron chi connectivity index (χ1n) is 11.1. The van der Waals surface area contributed by atoms with Crippen LogP contribution in [0.2, 0.25) is 0 Å². The van der Waals surface area contributed by atoms with Gasteiger partial charge in [0.1, 0.15) is 5.75 Å². The van der Waals surface area contributed by atoms with Crippen molar-refractivity contribution in [3.8, 4) is 5.75 Å². The van der Waals surface area contributed by atoms with Crippen LogP contribution in [0.4, 0.5) is 5.69 Å². The van der Waals surface area contributed by atoms with Gasteiger partial charge < -0.3 is 5.11 Å². The van der Waals surface area contributed by atoms with E-state index < -0.39 is 4.92 Å². The molecule has 3 aliphatic carbocycles. The predicted molar refractivity (Wildman–Crippen MR) is 121 cm³/mol. The highest BCUT2D eigenvalue weighted by molar-refractivity contribution is 5.93. The van der Waals surface area contributed by atoms with Crippen molar-refractivity contribution in [1.82, 2.24) is 0 Å². The maximum atomic E-state index is 10.8. The SMILES string of the molecule is C[C@]12CC[C@@H]3c4ccc(O)cc4CC[C@@H]3[C@@H]1CC/C2=N/N=C\c1ccc([N+](=O)[O-])cc1. The molecule has 160 valence electrons. The molecular formula is C25H27N3O3. The lowest BCUT2D eigenvalue weighted by Gasteiger charge is -2.49. The van der Waals surface area contributed by atoms with Gasteiger partial charge in [-0.25, -0.2) is 0 Å². The Bertz CT molecular complexity index is 1080. The fourth-order valence-corrected chi connectivity index (χ4v) is 6.37. The summed E-state index contributed by atoms with van der Waals surface area (Å²) in [4.78, 5) is 10.4. The largest absolute Gasteiger partial charge is 0.508 e. The Morgan fingerprint density at radius 3 is 2.71 bits per heavy atom. The number of aryl methyl sites for hydroxylation is 1. The lowest BCUT2D eigenvalue weighted by Crippen LogP contribution is -2.42. The first kappa shape index (κ1) is 19.9. The minimum absolute atomic E-state index is 0.0793. The number of aromatic hydroxyl groups is 1. The predicted octanol–water partition coefficient (Wildman–Crippen LogP) is 5.63. The average Bonchev–Trinajstić information content (AvgIpc) is 3.10. The van der Waals surface area contributed by atoms with Crippen molar-refractivity contribution in [2.24, 2.45) is 27.5 Å². The molecule has 0 heterocycles. The van der Waals surface area contributed by atoms with E-state index in [9.17, 15) is 15.2 Å².